The highest BCUT2D eigenvalue weighted by Crippen LogP contribution is 2.07. The molecule has 7 nitrogen and oxygen atoms in total. The molecule has 0 aliphatic heterocycles. The molecule has 0 aliphatic carbocycles. The van der Waals surface area contributed by atoms with Crippen LogP contribution < -0.4 is 10.9 Å². The maximum Gasteiger partial charge on any atom is 0.306 e. The van der Waals surface area contributed by atoms with E-state index in [0.717, 1.165) is 0 Å². The van der Waals surface area contributed by atoms with E-state index in [2.05, 4.69) is 21.2 Å². The number of aromatic nitrogens is 1. The van der Waals surface area contributed by atoms with Crippen molar-refractivity contribution in [3.05, 3.63) is 33.2 Å². The first-order valence-electron chi connectivity index (χ1n) is 5.76. The van der Waals surface area contributed by atoms with Crippen LogP contribution >= 0.6 is 15.9 Å². The summed E-state index contributed by atoms with van der Waals surface area (Å²) in [4.78, 5) is 33.7. The first-order valence-corrected chi connectivity index (χ1v) is 6.56. The number of nitrogens with zero attached hydrogens (tertiary/aromatic N) is 1. The predicted octanol–water partition coefficient (Wildman–Crippen LogP) is -0.0473. The first kappa shape index (κ1) is 16.4. The van der Waals surface area contributed by atoms with Crippen LogP contribution in [0.3, 0.4) is 0 Å². The lowest BCUT2D eigenvalue weighted by Gasteiger charge is -2.21. The van der Waals surface area contributed by atoms with Gasteiger partial charge in [0.1, 0.15) is 6.54 Å². The minimum atomic E-state index is -1.54. The number of aliphatic hydroxyl groups is 1. The lowest BCUT2D eigenvalue weighted by molar-refractivity contribution is -0.142. The topological polar surface area (TPSA) is 109 Å². The smallest absolute Gasteiger partial charge is 0.306 e. The second kappa shape index (κ2) is 6.67. The second-order valence-corrected chi connectivity index (χ2v) is 5.57. The first-order chi connectivity index (χ1) is 9.19. The lowest BCUT2D eigenvalue weighted by Crippen LogP contribution is -2.43. The maximum atomic E-state index is 11.7. The Morgan fingerprint density at radius 1 is 1.45 bits per heavy atom. The molecule has 1 aromatic heterocycles. The minimum Gasteiger partial charge on any atom is -0.481 e. The summed E-state index contributed by atoms with van der Waals surface area (Å²) in [6, 6.07) is 2.88. The van der Waals surface area contributed by atoms with Gasteiger partial charge in [0.15, 0.2) is 0 Å². The number of hydrogen-bond acceptors (Lipinski definition) is 4. The van der Waals surface area contributed by atoms with Crippen molar-refractivity contribution in [1.82, 2.24) is 9.88 Å². The molecule has 110 valence electrons. The van der Waals surface area contributed by atoms with Gasteiger partial charge in [0, 0.05) is 23.3 Å². The summed E-state index contributed by atoms with van der Waals surface area (Å²) in [5.41, 5.74) is -1.87. The Balaban J connectivity index is 2.58. The van der Waals surface area contributed by atoms with Gasteiger partial charge in [-0.15, -0.1) is 0 Å². The zero-order valence-corrected chi connectivity index (χ0v) is 12.4. The Morgan fingerprint density at radius 2 is 2.10 bits per heavy atom. The van der Waals surface area contributed by atoms with E-state index in [-0.39, 0.29) is 18.6 Å². The molecule has 0 aromatic carbocycles. The van der Waals surface area contributed by atoms with Crippen LogP contribution in [0.15, 0.2) is 27.6 Å². The van der Waals surface area contributed by atoms with Gasteiger partial charge in [0.05, 0.1) is 12.0 Å². The highest BCUT2D eigenvalue weighted by Gasteiger charge is 2.24. The fraction of sp³-hybridized carbons (Fsp3) is 0.417. The van der Waals surface area contributed by atoms with Crippen LogP contribution in [0.5, 0.6) is 0 Å². The maximum absolute atomic E-state index is 11.7. The number of rotatable bonds is 6. The van der Waals surface area contributed by atoms with Gasteiger partial charge in [-0.3, -0.25) is 14.4 Å². The third kappa shape index (κ3) is 5.54. The van der Waals surface area contributed by atoms with Crippen LogP contribution in [0.4, 0.5) is 0 Å². The van der Waals surface area contributed by atoms with Gasteiger partial charge in [-0.05, 0) is 28.9 Å². The summed E-state index contributed by atoms with van der Waals surface area (Å²) in [5.74, 6) is -1.65. The molecule has 0 fully saturated rings. The fourth-order valence-corrected chi connectivity index (χ4v) is 1.89. The molecule has 1 unspecified atom stereocenters. The number of halogens is 1. The Labute approximate surface area is 123 Å². The molecule has 1 rings (SSSR count). The summed E-state index contributed by atoms with van der Waals surface area (Å²) in [7, 11) is 0. The van der Waals surface area contributed by atoms with Crippen LogP contribution in [0.25, 0.3) is 0 Å². The number of aliphatic carboxylic acids is 1. The van der Waals surface area contributed by atoms with Crippen LogP contribution in [0, 0.1) is 0 Å². The second-order valence-electron chi connectivity index (χ2n) is 4.66. The summed E-state index contributed by atoms with van der Waals surface area (Å²) in [6.07, 6.45) is 0.988. The van der Waals surface area contributed by atoms with Crippen LogP contribution in [-0.4, -0.2) is 38.8 Å². The van der Waals surface area contributed by atoms with E-state index in [1.54, 1.807) is 6.07 Å². The van der Waals surface area contributed by atoms with Crippen LogP contribution in [0.1, 0.15) is 13.3 Å². The minimum absolute atomic E-state index is 0.207. The van der Waals surface area contributed by atoms with Crippen LogP contribution in [0.2, 0.25) is 0 Å². The number of carboxylic acids is 1. The standard InChI is InChI=1S/C12H15BrN2O5/c1-12(20,4-11(18)19)7-14-9(16)6-15-5-8(13)2-3-10(15)17/h2-3,5,20H,4,6-7H2,1H3,(H,14,16)(H,18,19). The summed E-state index contributed by atoms with van der Waals surface area (Å²) in [6.45, 7) is 0.898. The molecule has 1 aromatic rings. The number of amides is 1. The van der Waals surface area contributed by atoms with Gasteiger partial charge in [-0.2, -0.15) is 0 Å². The third-order valence-corrected chi connectivity index (χ3v) is 2.93. The van der Waals surface area contributed by atoms with Crippen LogP contribution in [-0.2, 0) is 16.1 Å². The van der Waals surface area contributed by atoms with Crippen molar-refractivity contribution in [2.45, 2.75) is 25.5 Å². The van der Waals surface area contributed by atoms with Gasteiger partial charge in [-0.25, -0.2) is 0 Å². The number of nitrogens with one attached hydrogen (secondary N) is 1. The van der Waals surface area contributed by atoms with Gasteiger partial charge in [0.2, 0.25) is 5.91 Å². The van der Waals surface area contributed by atoms with E-state index in [0.29, 0.717) is 4.47 Å². The highest BCUT2D eigenvalue weighted by atomic mass is 79.9. The average Bonchev–Trinajstić information content (AvgIpc) is 2.30. The van der Waals surface area contributed by atoms with Crippen molar-refractivity contribution >= 4 is 27.8 Å². The molecule has 0 aliphatic rings. The summed E-state index contributed by atoms with van der Waals surface area (Å²) < 4.78 is 1.86. The van der Waals surface area contributed by atoms with Gasteiger partial charge < -0.3 is 20.1 Å². The molecular formula is C12H15BrN2O5. The molecule has 0 saturated carbocycles. The van der Waals surface area contributed by atoms with Crippen molar-refractivity contribution in [3.63, 3.8) is 0 Å². The Hall–Kier alpha value is -1.67. The summed E-state index contributed by atoms with van der Waals surface area (Å²) >= 11 is 3.19. The number of carboxylic acid groups (broad SMARTS) is 1. The third-order valence-electron chi connectivity index (χ3n) is 2.46. The molecular weight excluding hydrogens is 332 g/mol. The van der Waals surface area contributed by atoms with Crippen molar-refractivity contribution in [1.29, 1.82) is 0 Å². The molecule has 8 heteroatoms. The van der Waals surface area contributed by atoms with E-state index < -0.39 is 23.9 Å². The van der Waals surface area contributed by atoms with Gasteiger partial charge >= 0.3 is 5.97 Å². The van der Waals surface area contributed by atoms with Crippen molar-refractivity contribution in [2.24, 2.45) is 0 Å². The fourth-order valence-electron chi connectivity index (χ4n) is 1.51. The van der Waals surface area contributed by atoms with Crippen molar-refractivity contribution in [3.8, 4) is 0 Å². The normalized spacial score (nSPS) is 13.6. The molecule has 0 radical (unpaired) electrons. The quantitative estimate of drug-likeness (QED) is 0.669. The molecule has 3 N–H and O–H groups in total. The van der Waals surface area contributed by atoms with Gasteiger partial charge in [-0.1, -0.05) is 0 Å². The number of pyridine rings is 1. The zero-order valence-electron chi connectivity index (χ0n) is 10.8. The number of hydrogen-bond donors (Lipinski definition) is 3. The van der Waals surface area contributed by atoms with E-state index in [4.69, 9.17) is 5.11 Å². The largest absolute Gasteiger partial charge is 0.481 e. The number of carbonyl (C=O) groups excluding carboxylic acids is 1. The van der Waals surface area contributed by atoms with E-state index in [1.807, 2.05) is 0 Å². The Kier molecular flexibility index (Phi) is 5.46. The molecule has 20 heavy (non-hydrogen) atoms. The van der Waals surface area contributed by atoms with Crippen molar-refractivity contribution in [2.75, 3.05) is 6.54 Å². The Bertz CT molecular complexity index is 567. The molecule has 1 atom stereocenters. The predicted molar refractivity (Wildman–Crippen MR) is 74.3 cm³/mol. The molecule has 1 amide bonds. The molecule has 1 heterocycles. The molecule has 0 saturated heterocycles. The van der Waals surface area contributed by atoms with E-state index in [9.17, 15) is 19.5 Å². The average molecular weight is 347 g/mol. The molecule has 0 bridgehead atoms. The monoisotopic (exact) mass is 346 g/mol. The summed E-state index contributed by atoms with van der Waals surface area (Å²) in [5, 5.41) is 20.7. The highest BCUT2D eigenvalue weighted by molar-refractivity contribution is 9.10. The SMILES string of the molecule is CC(O)(CNC(=O)Cn1cc(Br)ccc1=O)CC(=O)O. The van der Waals surface area contributed by atoms with Gasteiger partial charge in [0.25, 0.3) is 5.56 Å². The van der Waals surface area contributed by atoms with E-state index >= 15 is 0 Å². The molecule has 0 spiro atoms. The zero-order chi connectivity index (χ0) is 15.3. The Morgan fingerprint density at radius 3 is 2.70 bits per heavy atom. The lowest BCUT2D eigenvalue weighted by atomic mass is 10.0. The number of carbonyl (C=O) groups is 2. The van der Waals surface area contributed by atoms with E-state index in [1.165, 1.54) is 23.8 Å². The van der Waals surface area contributed by atoms with Crippen molar-refractivity contribution < 1.29 is 19.8 Å².